The molecule has 0 aliphatic carbocycles. The molecule has 0 unspecified atom stereocenters. The topological polar surface area (TPSA) is 282 Å². The van der Waals surface area contributed by atoms with Crippen LogP contribution in [0.2, 0.25) is 0 Å². The lowest BCUT2D eigenvalue weighted by Gasteiger charge is -2.34. The molecule has 390 valence electrons. The number of amides is 5. The zero-order valence-corrected chi connectivity index (χ0v) is 42.2. The summed E-state index contributed by atoms with van der Waals surface area (Å²) >= 11 is 0. The Bertz CT molecular complexity index is 2780. The van der Waals surface area contributed by atoms with Gasteiger partial charge in [-0.25, -0.2) is 19.9 Å². The van der Waals surface area contributed by atoms with Gasteiger partial charge in [-0.2, -0.15) is 0 Å². The highest BCUT2D eigenvalue weighted by Gasteiger charge is 2.27. The predicted octanol–water partition coefficient (Wildman–Crippen LogP) is 4.21. The number of nitrogens with two attached hydrogens (primary N) is 3. The molecule has 0 bridgehead atoms. The van der Waals surface area contributed by atoms with E-state index in [1.807, 2.05) is 29.2 Å². The van der Waals surface area contributed by atoms with Crippen LogP contribution in [0.25, 0.3) is 0 Å². The van der Waals surface area contributed by atoms with Crippen molar-refractivity contribution >= 4 is 64.2 Å². The fraction of sp³-hybridized carbons (Fsp3) is 0.415. The smallest absolute Gasteiger partial charge is 0.271 e. The summed E-state index contributed by atoms with van der Waals surface area (Å²) in [5.74, 6) is 0.137. The van der Waals surface area contributed by atoms with Crippen LogP contribution in [0, 0.1) is 0 Å². The first-order valence-corrected chi connectivity index (χ1v) is 25.1. The molecule has 4 fully saturated rings. The Hall–Kier alpha value is -7.75. The minimum atomic E-state index is -0.707. The van der Waals surface area contributed by atoms with E-state index in [4.69, 9.17) is 31.7 Å². The molecule has 4 saturated heterocycles. The molecule has 21 nitrogen and oxygen atoms in total. The van der Waals surface area contributed by atoms with Gasteiger partial charge >= 0.3 is 0 Å². The molecule has 3 aromatic carbocycles. The van der Waals surface area contributed by atoms with Crippen molar-refractivity contribution in [2.45, 2.75) is 64.0 Å². The number of nitrogens with zero attached hydrogens (tertiary/aromatic N) is 8. The third-order valence-electron chi connectivity index (χ3n) is 13.2. The number of anilines is 6. The van der Waals surface area contributed by atoms with Gasteiger partial charge in [0.25, 0.3) is 29.5 Å². The van der Waals surface area contributed by atoms with Crippen molar-refractivity contribution in [2.75, 3.05) is 99.2 Å². The number of hydrogen-bond acceptors (Lipinski definition) is 16. The van der Waals surface area contributed by atoms with Crippen LogP contribution in [0.4, 0.5) is 34.6 Å². The number of piperidine rings is 2. The molecule has 0 spiro atoms. The van der Waals surface area contributed by atoms with Crippen LogP contribution in [-0.2, 0) is 14.9 Å². The summed E-state index contributed by atoms with van der Waals surface area (Å²) in [4.78, 5) is 87.9. The van der Waals surface area contributed by atoms with Gasteiger partial charge in [0.1, 0.15) is 11.6 Å². The molecule has 21 heteroatoms. The first-order chi connectivity index (χ1) is 35.6. The van der Waals surface area contributed by atoms with Crippen molar-refractivity contribution in [3.05, 3.63) is 119 Å². The summed E-state index contributed by atoms with van der Waals surface area (Å²) in [5.41, 5.74) is 21.5. The zero-order chi connectivity index (χ0) is 52.4. The second-order valence-corrected chi connectivity index (χ2v) is 19.7. The normalized spacial score (nSPS) is 18.1. The van der Waals surface area contributed by atoms with E-state index in [2.05, 4.69) is 56.6 Å². The molecule has 9 rings (SSSR count). The fourth-order valence-electron chi connectivity index (χ4n) is 9.07. The predicted molar refractivity (Wildman–Crippen MR) is 281 cm³/mol. The third kappa shape index (κ3) is 13.4. The summed E-state index contributed by atoms with van der Waals surface area (Å²) in [7, 11) is 0. The van der Waals surface area contributed by atoms with Gasteiger partial charge in [-0.1, -0.05) is 32.9 Å². The molecule has 9 N–H and O–H groups in total. The number of nitrogens with one attached hydrogen (secondary N) is 3. The van der Waals surface area contributed by atoms with Crippen LogP contribution >= 0.6 is 0 Å². The third-order valence-corrected chi connectivity index (χ3v) is 13.2. The number of hydrogen-bond donors (Lipinski definition) is 6. The molecular formula is C53H66N14O7. The monoisotopic (exact) mass is 1010 g/mol. The molecule has 2 aromatic heterocycles. The summed E-state index contributed by atoms with van der Waals surface area (Å²) in [6, 6.07) is 21.7. The van der Waals surface area contributed by atoms with Gasteiger partial charge in [-0.15, -0.1) is 0 Å². The molecule has 0 saturated carbocycles. The van der Waals surface area contributed by atoms with Gasteiger partial charge in [-0.05, 0) is 97.3 Å². The molecule has 4 aliphatic rings. The molecule has 5 aromatic rings. The Labute approximate surface area is 430 Å². The van der Waals surface area contributed by atoms with Crippen LogP contribution in [0.1, 0.15) is 104 Å². The molecule has 74 heavy (non-hydrogen) atoms. The molecule has 4 aliphatic heterocycles. The number of aromatic nitrogens is 4. The first kappa shape index (κ1) is 52.6. The van der Waals surface area contributed by atoms with Crippen molar-refractivity contribution in [2.24, 2.45) is 17.2 Å². The highest BCUT2D eigenvalue weighted by atomic mass is 16.5. The summed E-state index contributed by atoms with van der Waals surface area (Å²) < 4.78 is 10.6. The van der Waals surface area contributed by atoms with E-state index in [0.29, 0.717) is 105 Å². The molecule has 6 heterocycles. The van der Waals surface area contributed by atoms with Crippen LogP contribution in [-0.4, -0.2) is 150 Å². The summed E-state index contributed by atoms with van der Waals surface area (Å²) in [6.07, 6.45) is 6.73. The number of benzene rings is 3. The van der Waals surface area contributed by atoms with Crippen LogP contribution in [0.15, 0.2) is 85.2 Å². The van der Waals surface area contributed by atoms with Crippen LogP contribution < -0.4 is 43.0 Å². The summed E-state index contributed by atoms with van der Waals surface area (Å²) in [6.45, 7) is 13.7. The van der Waals surface area contributed by atoms with Gasteiger partial charge in [0.15, 0.2) is 23.0 Å². The Balaban J connectivity index is 0.000000208. The van der Waals surface area contributed by atoms with Crippen LogP contribution in [0.5, 0.6) is 0 Å². The quantitative estimate of drug-likeness (QED) is 0.102. The van der Waals surface area contributed by atoms with E-state index in [1.165, 1.54) is 11.8 Å². The minimum Gasteiger partial charge on any atom is -0.378 e. The fourth-order valence-corrected chi connectivity index (χ4v) is 9.07. The Kier molecular flexibility index (Phi) is 16.9. The maximum atomic E-state index is 13.0. The van der Waals surface area contributed by atoms with Crippen molar-refractivity contribution in [3.63, 3.8) is 0 Å². The molecule has 5 amide bonds. The highest BCUT2D eigenvalue weighted by Crippen LogP contribution is 2.27. The van der Waals surface area contributed by atoms with E-state index < -0.39 is 11.8 Å². The largest absolute Gasteiger partial charge is 0.378 e. The zero-order valence-electron chi connectivity index (χ0n) is 42.2. The average molecular weight is 1010 g/mol. The lowest BCUT2D eigenvalue weighted by atomic mass is 9.86. The van der Waals surface area contributed by atoms with E-state index in [-0.39, 0.29) is 58.2 Å². The van der Waals surface area contributed by atoms with E-state index in [9.17, 15) is 24.0 Å². The number of ether oxygens (including phenoxy) is 2. The highest BCUT2D eigenvalue weighted by molar-refractivity contribution is 5.98. The molecule has 2 atom stereocenters. The Morgan fingerprint density at radius 2 is 1.01 bits per heavy atom. The standard InChI is InChI=1S/C32H39N7O4.C21H27N7O3/c1-32(2,3)23-10-6-21(7-11-23)30(41)36-25-5-4-14-39(20-25)26-19-34-27(28(33)40)29(37-26)35-24-12-8-22(9-13-24)31(42)38-15-17-43-18-16-38;22-15-2-1-7-28(13-15)17-12-24-18(19(23)29)20(26-17)25-16-5-3-14(4-6-16)21(30)27-8-10-31-11-9-27/h6-13,19,25H,4-5,14-18,20H2,1-3H3,(H2,33,40)(H,35,37)(H,36,41);3-6,12,15H,1-2,7-11,13,22H2,(H2,23,29)(H,25,26)/t25-;15-/m11/s1. The maximum Gasteiger partial charge on any atom is 0.271 e. The average Bonchev–Trinajstić information content (AvgIpc) is 3.41. The van der Waals surface area contributed by atoms with Crippen molar-refractivity contribution in [1.29, 1.82) is 0 Å². The summed E-state index contributed by atoms with van der Waals surface area (Å²) in [5, 5.41) is 9.41. The minimum absolute atomic E-state index is 0.0118. The number of carbonyl (C=O) groups excluding carboxylic acids is 5. The second kappa shape index (κ2) is 23.9. The first-order valence-electron chi connectivity index (χ1n) is 25.1. The van der Waals surface area contributed by atoms with Crippen molar-refractivity contribution < 1.29 is 33.4 Å². The van der Waals surface area contributed by atoms with Gasteiger partial charge in [-0.3, -0.25) is 24.0 Å². The van der Waals surface area contributed by atoms with Crippen LogP contribution in [0.3, 0.4) is 0 Å². The number of rotatable bonds is 12. The lowest BCUT2D eigenvalue weighted by molar-refractivity contribution is 0.0301. The number of carbonyl (C=O) groups is 5. The Morgan fingerprint density at radius 3 is 1.45 bits per heavy atom. The second-order valence-electron chi connectivity index (χ2n) is 19.7. The maximum absolute atomic E-state index is 13.0. The van der Waals surface area contributed by atoms with Crippen molar-refractivity contribution in [3.8, 4) is 0 Å². The van der Waals surface area contributed by atoms with E-state index >= 15 is 0 Å². The van der Waals surface area contributed by atoms with E-state index in [1.54, 1.807) is 64.5 Å². The van der Waals surface area contributed by atoms with Gasteiger partial charge < -0.3 is 62.2 Å². The van der Waals surface area contributed by atoms with Gasteiger partial charge in [0, 0.05) is 92.5 Å². The van der Waals surface area contributed by atoms with Gasteiger partial charge in [0.2, 0.25) is 0 Å². The lowest BCUT2D eigenvalue weighted by Crippen LogP contribution is -2.48. The molecular weight excluding hydrogens is 945 g/mol. The SMILES string of the molecule is CC(C)(C)c1ccc(C(=O)N[C@@H]2CCCN(c3cnc(C(N)=O)c(Nc4ccc(C(=O)N5CCOCC5)cc4)n3)C2)cc1.NC(=O)c1ncc(N2CCC[C@@H](N)C2)nc1Nc1ccc(C(=O)N2CCOCC2)cc1. The molecule has 0 radical (unpaired) electrons. The number of morpholine rings is 2. The Morgan fingerprint density at radius 1 is 0.581 bits per heavy atom. The van der Waals surface area contributed by atoms with E-state index in [0.717, 1.165) is 38.8 Å². The number of primary amides is 2. The van der Waals surface area contributed by atoms with Crippen molar-refractivity contribution in [1.82, 2.24) is 35.1 Å². The van der Waals surface area contributed by atoms with Gasteiger partial charge in [0.05, 0.1) is 38.8 Å².